The van der Waals surface area contributed by atoms with Crippen LogP contribution in [-0.2, 0) is 0 Å². The molecular weight excluding hydrogens is 403 g/mol. The summed E-state index contributed by atoms with van der Waals surface area (Å²) in [6.45, 7) is 0. The highest BCUT2D eigenvalue weighted by atomic mass is 19.4. The molecule has 0 aliphatic rings. The number of benzene rings is 1. The Kier molecular flexibility index (Phi) is 5.32. The Morgan fingerprint density at radius 2 is 0.885 bits per heavy atom. The van der Waals surface area contributed by atoms with E-state index in [1.54, 1.807) is 0 Å². The maximum Gasteiger partial charge on any atom is 0.460 e. The molecule has 13 heteroatoms. The molecule has 0 aliphatic heterocycles. The number of halogens is 13. The van der Waals surface area contributed by atoms with E-state index in [2.05, 4.69) is 0 Å². The van der Waals surface area contributed by atoms with Crippen LogP contribution in [0.1, 0.15) is 5.56 Å². The van der Waals surface area contributed by atoms with Crippen molar-refractivity contribution in [2.24, 2.45) is 0 Å². The zero-order valence-corrected chi connectivity index (χ0v) is 11.9. The summed E-state index contributed by atoms with van der Waals surface area (Å²) in [7, 11) is 0. The molecule has 0 aliphatic carbocycles. The standard InChI is InChI=1S/C13H6F13/c14-8(15,6-7-4-2-1-3-5-7)9(16,17)10(18,19)11(20,21)12(22,23)13(24,25)26/h1-6H. The van der Waals surface area contributed by atoms with Crippen molar-refractivity contribution < 1.29 is 57.1 Å². The maximum absolute atomic E-state index is 13.5. The molecule has 0 aromatic heterocycles. The molecule has 149 valence electrons. The largest absolute Gasteiger partial charge is 0.460 e. The van der Waals surface area contributed by atoms with Crippen molar-refractivity contribution in [1.82, 2.24) is 0 Å². The van der Waals surface area contributed by atoms with E-state index in [0.717, 1.165) is 12.1 Å². The highest BCUT2D eigenvalue weighted by Gasteiger charge is 2.90. The summed E-state index contributed by atoms with van der Waals surface area (Å²) in [4.78, 5) is 0. The number of hydrogen-bond donors (Lipinski definition) is 0. The summed E-state index contributed by atoms with van der Waals surface area (Å²) >= 11 is 0. The second-order valence-corrected chi connectivity index (χ2v) is 4.97. The van der Waals surface area contributed by atoms with Crippen LogP contribution in [0.3, 0.4) is 0 Å². The second kappa shape index (κ2) is 6.19. The van der Waals surface area contributed by atoms with Gasteiger partial charge in [-0.1, -0.05) is 30.3 Å². The first-order valence-corrected chi connectivity index (χ1v) is 6.19. The fourth-order valence-electron chi connectivity index (χ4n) is 1.63. The van der Waals surface area contributed by atoms with E-state index in [0.29, 0.717) is 12.1 Å². The van der Waals surface area contributed by atoms with E-state index in [1.165, 1.54) is 6.07 Å². The Hall–Kier alpha value is -1.69. The van der Waals surface area contributed by atoms with Crippen molar-refractivity contribution in [2.75, 3.05) is 0 Å². The molecule has 0 saturated carbocycles. The zero-order valence-electron chi connectivity index (χ0n) is 11.9. The van der Waals surface area contributed by atoms with Gasteiger partial charge in [0.15, 0.2) is 0 Å². The lowest BCUT2D eigenvalue weighted by Gasteiger charge is -2.39. The molecule has 0 atom stereocenters. The average Bonchev–Trinajstić information content (AvgIpc) is 2.45. The first kappa shape index (κ1) is 22.4. The minimum atomic E-state index is -7.88. The lowest BCUT2D eigenvalue weighted by molar-refractivity contribution is -0.437. The highest BCUT2D eigenvalue weighted by Crippen LogP contribution is 2.60. The summed E-state index contributed by atoms with van der Waals surface area (Å²) in [5, 5.41) is 0. The molecule has 26 heavy (non-hydrogen) atoms. The van der Waals surface area contributed by atoms with E-state index in [4.69, 9.17) is 0 Å². The second-order valence-electron chi connectivity index (χ2n) is 4.97. The summed E-state index contributed by atoms with van der Waals surface area (Å²) in [5.74, 6) is -36.9. The van der Waals surface area contributed by atoms with Crippen molar-refractivity contribution in [3.05, 3.63) is 42.3 Å². The normalized spacial score (nSPS) is 15.3. The van der Waals surface area contributed by atoms with Gasteiger partial charge in [0, 0.05) is 0 Å². The molecule has 0 bridgehead atoms. The molecule has 1 aromatic rings. The third kappa shape index (κ3) is 3.20. The zero-order chi connectivity index (χ0) is 20.8. The molecule has 0 nitrogen and oxygen atoms in total. The molecular formula is C13H6F13. The summed E-state index contributed by atoms with van der Waals surface area (Å²) in [6.07, 6.45) is -8.36. The third-order valence-electron chi connectivity index (χ3n) is 3.11. The van der Waals surface area contributed by atoms with Crippen molar-refractivity contribution in [2.45, 2.75) is 35.8 Å². The Bertz CT molecular complexity index is 615. The monoisotopic (exact) mass is 409 g/mol. The molecule has 1 radical (unpaired) electrons. The predicted octanol–water partition coefficient (Wildman–Crippen LogP) is 5.98. The van der Waals surface area contributed by atoms with Gasteiger partial charge >= 0.3 is 35.8 Å². The van der Waals surface area contributed by atoms with Crippen LogP contribution in [0.5, 0.6) is 0 Å². The molecule has 0 amide bonds. The average molecular weight is 409 g/mol. The van der Waals surface area contributed by atoms with Gasteiger partial charge in [0.1, 0.15) is 0 Å². The maximum atomic E-state index is 13.5. The summed E-state index contributed by atoms with van der Waals surface area (Å²) < 4.78 is 167. The van der Waals surface area contributed by atoms with Gasteiger partial charge in [-0.25, -0.2) is 0 Å². The van der Waals surface area contributed by atoms with Gasteiger partial charge in [-0.15, -0.1) is 0 Å². The summed E-state index contributed by atoms with van der Waals surface area (Å²) in [5.41, 5.74) is -0.904. The SMILES string of the molecule is FC(F)(F)C(F)(F)C(F)(F)C(F)(F)C(F)(F)C(F)(F)[CH]c1ccccc1. The molecule has 1 rings (SSSR count). The molecule has 0 fully saturated rings. The quantitative estimate of drug-likeness (QED) is 0.508. The van der Waals surface area contributed by atoms with Crippen LogP contribution in [-0.4, -0.2) is 35.8 Å². The lowest BCUT2D eigenvalue weighted by Crippen LogP contribution is -2.70. The third-order valence-corrected chi connectivity index (χ3v) is 3.11. The van der Waals surface area contributed by atoms with Crippen molar-refractivity contribution in [3.8, 4) is 0 Å². The molecule has 0 heterocycles. The smallest absolute Gasteiger partial charge is 0.199 e. The van der Waals surface area contributed by atoms with Crippen LogP contribution in [0.2, 0.25) is 0 Å². The van der Waals surface area contributed by atoms with E-state index in [1.807, 2.05) is 0 Å². The molecule has 0 spiro atoms. The van der Waals surface area contributed by atoms with Gasteiger partial charge < -0.3 is 0 Å². The van der Waals surface area contributed by atoms with E-state index in [9.17, 15) is 57.1 Å². The van der Waals surface area contributed by atoms with Gasteiger partial charge in [-0.2, -0.15) is 57.1 Å². The molecule has 1 aromatic carbocycles. The Labute approximate surface area is 136 Å². The first-order chi connectivity index (χ1) is 11.3. The van der Waals surface area contributed by atoms with E-state index in [-0.39, 0.29) is 0 Å². The minimum absolute atomic E-state index is 0.643. The Morgan fingerprint density at radius 1 is 0.500 bits per heavy atom. The summed E-state index contributed by atoms with van der Waals surface area (Å²) in [6, 6.07) is 4.35. The van der Waals surface area contributed by atoms with Gasteiger partial charge in [0.2, 0.25) is 0 Å². The van der Waals surface area contributed by atoms with E-state index < -0.39 is 47.8 Å². The van der Waals surface area contributed by atoms with Gasteiger partial charge in [-0.05, 0) is 5.56 Å². The minimum Gasteiger partial charge on any atom is -0.199 e. The van der Waals surface area contributed by atoms with Crippen LogP contribution in [0.4, 0.5) is 57.1 Å². The Balaban J connectivity index is 3.38. The first-order valence-electron chi connectivity index (χ1n) is 6.19. The number of rotatable bonds is 6. The van der Waals surface area contributed by atoms with Crippen LogP contribution < -0.4 is 0 Å². The number of hydrogen-bond acceptors (Lipinski definition) is 0. The fourth-order valence-corrected chi connectivity index (χ4v) is 1.63. The Morgan fingerprint density at radius 3 is 1.27 bits per heavy atom. The van der Waals surface area contributed by atoms with Gasteiger partial charge in [-0.3, -0.25) is 0 Å². The van der Waals surface area contributed by atoms with Crippen LogP contribution in [0.15, 0.2) is 30.3 Å². The van der Waals surface area contributed by atoms with Crippen molar-refractivity contribution in [3.63, 3.8) is 0 Å². The van der Waals surface area contributed by atoms with Crippen molar-refractivity contribution in [1.29, 1.82) is 0 Å². The van der Waals surface area contributed by atoms with Gasteiger partial charge in [0.05, 0.1) is 6.42 Å². The molecule has 0 unspecified atom stereocenters. The van der Waals surface area contributed by atoms with Crippen LogP contribution in [0.25, 0.3) is 0 Å². The number of alkyl halides is 13. The van der Waals surface area contributed by atoms with Gasteiger partial charge in [0.25, 0.3) is 0 Å². The highest BCUT2D eigenvalue weighted by molar-refractivity contribution is 5.28. The van der Waals surface area contributed by atoms with Crippen LogP contribution in [0, 0.1) is 6.42 Å². The topological polar surface area (TPSA) is 0 Å². The van der Waals surface area contributed by atoms with Crippen LogP contribution >= 0.6 is 0 Å². The fraction of sp³-hybridized carbons (Fsp3) is 0.462. The molecule has 0 saturated heterocycles. The van der Waals surface area contributed by atoms with E-state index >= 15 is 0 Å². The lowest BCUT2D eigenvalue weighted by atomic mass is 9.91. The van der Waals surface area contributed by atoms with Crippen molar-refractivity contribution >= 4 is 0 Å². The molecule has 0 N–H and O–H groups in total. The predicted molar refractivity (Wildman–Crippen MR) is 60.6 cm³/mol.